The van der Waals surface area contributed by atoms with Crippen LogP contribution in [0.1, 0.15) is 7.43 Å². The largest absolute Gasteiger partial charge is 0.299 e. The van der Waals surface area contributed by atoms with E-state index in [4.69, 9.17) is 13.3 Å². The first-order valence-electron chi connectivity index (χ1n) is 0.532. The van der Waals surface area contributed by atoms with E-state index >= 15 is 0 Å². The lowest BCUT2D eigenvalue weighted by Gasteiger charge is -1.59. The molecule has 0 aromatic heterocycles. The van der Waals surface area contributed by atoms with Gasteiger partial charge in [0.05, 0.1) is 0 Å². The summed E-state index contributed by atoms with van der Waals surface area (Å²) in [6.45, 7) is 0. The van der Waals surface area contributed by atoms with Crippen LogP contribution >= 0.6 is 0 Å². The Labute approximate surface area is 33.1 Å². The van der Waals surface area contributed by atoms with Crippen molar-refractivity contribution in [3.05, 3.63) is 0 Å². The Hall–Kier alpha value is 0.0700. The molecule has 0 aliphatic carbocycles. The van der Waals surface area contributed by atoms with E-state index in [-0.39, 0.29) is 7.43 Å². The van der Waals surface area contributed by atoms with Gasteiger partial charge in [-0.3, -0.25) is 9.11 Å². The zero-order valence-electron chi connectivity index (χ0n) is 1.71. The number of rotatable bonds is 0. The molecule has 0 atom stereocenters. The molecular formula is CH6O3S. The van der Waals surface area contributed by atoms with E-state index < -0.39 is 11.4 Å². The molecule has 0 heterocycles. The van der Waals surface area contributed by atoms with E-state index in [1.54, 1.807) is 0 Å². The fourth-order valence-electron chi connectivity index (χ4n) is 0. The Kier molecular flexibility index (Phi) is 7.25. The van der Waals surface area contributed by atoms with Crippen molar-refractivity contribution in [2.24, 2.45) is 0 Å². The van der Waals surface area contributed by atoms with Crippen LogP contribution in [0.5, 0.6) is 0 Å². The Morgan fingerprint density at radius 3 is 1.40 bits per heavy atom. The van der Waals surface area contributed by atoms with E-state index in [1.807, 2.05) is 0 Å². The van der Waals surface area contributed by atoms with Crippen LogP contribution in [0.4, 0.5) is 0 Å². The van der Waals surface area contributed by atoms with Crippen LogP contribution < -0.4 is 0 Å². The molecule has 4 heteroatoms. The SMILES string of the molecule is C.O=S(O)O. The van der Waals surface area contributed by atoms with Crippen molar-refractivity contribution in [1.82, 2.24) is 0 Å². The molecule has 0 bridgehead atoms. The van der Waals surface area contributed by atoms with Crippen molar-refractivity contribution in [2.45, 2.75) is 7.43 Å². The highest BCUT2D eigenvalue weighted by Gasteiger charge is 1.62. The monoisotopic (exact) mass is 98.0 g/mol. The van der Waals surface area contributed by atoms with Gasteiger partial charge in [-0.25, -0.2) is 0 Å². The molecule has 0 aromatic carbocycles. The van der Waals surface area contributed by atoms with Crippen molar-refractivity contribution in [3.8, 4) is 0 Å². The lowest BCUT2D eigenvalue weighted by Crippen LogP contribution is -1.74. The first-order chi connectivity index (χ1) is 1.73. The summed E-state index contributed by atoms with van der Waals surface area (Å²) in [7, 11) is 0. The quantitative estimate of drug-likeness (QED) is 0.429. The summed E-state index contributed by atoms with van der Waals surface area (Å²) in [6, 6.07) is 0. The van der Waals surface area contributed by atoms with Crippen molar-refractivity contribution in [2.75, 3.05) is 0 Å². The van der Waals surface area contributed by atoms with E-state index in [0.717, 1.165) is 0 Å². The van der Waals surface area contributed by atoms with Crippen molar-refractivity contribution in [1.29, 1.82) is 0 Å². The molecule has 0 aliphatic heterocycles. The molecule has 0 spiro atoms. The summed E-state index contributed by atoms with van der Waals surface area (Å²) in [6.07, 6.45) is 0. The molecule has 0 amide bonds. The normalized spacial score (nSPS) is 7.00. The highest BCUT2D eigenvalue weighted by Crippen LogP contribution is 1.44. The van der Waals surface area contributed by atoms with Gasteiger partial charge in [0.15, 0.2) is 0 Å². The highest BCUT2D eigenvalue weighted by molar-refractivity contribution is 7.73. The molecule has 0 radical (unpaired) electrons. The summed E-state index contributed by atoms with van der Waals surface area (Å²) in [5.41, 5.74) is 0. The molecule has 0 saturated carbocycles. The molecule has 0 saturated heterocycles. The second-order valence-electron chi connectivity index (χ2n) is 0.231. The molecule has 0 fully saturated rings. The first kappa shape index (κ1) is 8.91. The Bertz CT molecular complexity index is 29.9. The minimum absolute atomic E-state index is 0. The zero-order valence-corrected chi connectivity index (χ0v) is 2.53. The molecule has 0 rings (SSSR count). The van der Waals surface area contributed by atoms with Gasteiger partial charge in [0.25, 0.3) is 11.4 Å². The van der Waals surface area contributed by atoms with Gasteiger partial charge in [-0.15, -0.1) is 0 Å². The topological polar surface area (TPSA) is 57.5 Å². The van der Waals surface area contributed by atoms with Gasteiger partial charge < -0.3 is 0 Å². The maximum atomic E-state index is 8.67. The third kappa shape index (κ3) is 3560. The minimum atomic E-state index is -2.61. The summed E-state index contributed by atoms with van der Waals surface area (Å²) >= 11 is -2.61. The number of hydrogen-bond acceptors (Lipinski definition) is 1. The number of hydrogen-bond donors (Lipinski definition) is 2. The van der Waals surface area contributed by atoms with Crippen LogP contribution in [0.3, 0.4) is 0 Å². The Morgan fingerprint density at radius 2 is 1.40 bits per heavy atom. The second kappa shape index (κ2) is 4.07. The highest BCUT2D eigenvalue weighted by atomic mass is 32.2. The van der Waals surface area contributed by atoms with Gasteiger partial charge in [-0.1, -0.05) is 7.43 Å². The van der Waals surface area contributed by atoms with Crippen LogP contribution in [0, 0.1) is 0 Å². The average molecular weight is 98.1 g/mol. The van der Waals surface area contributed by atoms with Gasteiger partial charge in [0, 0.05) is 0 Å². The standard InChI is InChI=1S/CH4.H2O3S/c;1-4(2)3/h1H4;(H2,1,2,3). The van der Waals surface area contributed by atoms with Gasteiger partial charge >= 0.3 is 0 Å². The van der Waals surface area contributed by atoms with Crippen LogP contribution in [-0.4, -0.2) is 13.3 Å². The van der Waals surface area contributed by atoms with Gasteiger partial charge in [-0.05, 0) is 0 Å². The summed E-state index contributed by atoms with van der Waals surface area (Å²) < 4.78 is 22.8. The van der Waals surface area contributed by atoms with Gasteiger partial charge in [0.2, 0.25) is 0 Å². The van der Waals surface area contributed by atoms with Crippen LogP contribution in [0.15, 0.2) is 0 Å². The average Bonchev–Trinajstić information content (AvgIpc) is 0.811. The van der Waals surface area contributed by atoms with Crippen molar-refractivity contribution < 1.29 is 13.3 Å². The molecule has 5 heavy (non-hydrogen) atoms. The molecule has 0 aromatic rings. The van der Waals surface area contributed by atoms with E-state index in [9.17, 15) is 0 Å². The van der Waals surface area contributed by atoms with E-state index in [0.29, 0.717) is 0 Å². The Morgan fingerprint density at radius 1 is 1.40 bits per heavy atom. The van der Waals surface area contributed by atoms with Crippen LogP contribution in [0.2, 0.25) is 0 Å². The second-order valence-corrected chi connectivity index (χ2v) is 0.692. The summed E-state index contributed by atoms with van der Waals surface area (Å²) in [4.78, 5) is 0. The maximum Gasteiger partial charge on any atom is 0.299 e. The predicted octanol–water partition coefficient (Wildman–Crippen LogP) is 0.317. The fourth-order valence-corrected chi connectivity index (χ4v) is 0. The van der Waals surface area contributed by atoms with Gasteiger partial charge in [-0.2, -0.15) is 4.21 Å². The van der Waals surface area contributed by atoms with Crippen molar-refractivity contribution >= 4 is 11.4 Å². The Balaban J connectivity index is 0. The summed E-state index contributed by atoms with van der Waals surface area (Å²) in [5, 5.41) is 0. The van der Waals surface area contributed by atoms with E-state index in [1.165, 1.54) is 0 Å². The molecule has 0 unspecified atom stereocenters. The third-order valence-corrected chi connectivity index (χ3v) is 0. The molecule has 0 aliphatic rings. The smallest absolute Gasteiger partial charge is 0.284 e. The van der Waals surface area contributed by atoms with Crippen LogP contribution in [0.25, 0.3) is 0 Å². The molecular weight excluding hydrogens is 92.1 g/mol. The fraction of sp³-hybridized carbons (Fsp3) is 1.00. The molecule has 3 nitrogen and oxygen atoms in total. The molecule has 2 N–H and O–H groups in total. The molecule has 34 valence electrons. The van der Waals surface area contributed by atoms with Crippen LogP contribution in [-0.2, 0) is 11.4 Å². The summed E-state index contributed by atoms with van der Waals surface area (Å²) in [5.74, 6) is 0. The minimum Gasteiger partial charge on any atom is -0.284 e. The van der Waals surface area contributed by atoms with Gasteiger partial charge in [0.1, 0.15) is 0 Å². The maximum absolute atomic E-state index is 8.67. The van der Waals surface area contributed by atoms with E-state index in [2.05, 4.69) is 0 Å². The zero-order chi connectivity index (χ0) is 3.58. The lowest BCUT2D eigenvalue weighted by molar-refractivity contribution is 0.454. The lowest BCUT2D eigenvalue weighted by atomic mass is 12.0. The van der Waals surface area contributed by atoms with Crippen molar-refractivity contribution in [3.63, 3.8) is 0 Å². The third-order valence-electron chi connectivity index (χ3n) is 0. The predicted molar refractivity (Wildman–Crippen MR) is 20.1 cm³/mol. The first-order valence-corrected chi connectivity index (χ1v) is 1.60.